The van der Waals surface area contributed by atoms with Crippen LogP contribution in [0.5, 0.6) is 11.5 Å². The van der Waals surface area contributed by atoms with E-state index >= 15 is 0 Å². The van der Waals surface area contributed by atoms with Crippen LogP contribution in [0.1, 0.15) is 41.6 Å². The van der Waals surface area contributed by atoms with Crippen molar-refractivity contribution in [2.45, 2.75) is 31.2 Å². The fraction of sp³-hybridized carbons (Fsp3) is 0.364. The minimum Gasteiger partial charge on any atom is -0.493 e. The van der Waals surface area contributed by atoms with Gasteiger partial charge in [0.1, 0.15) is 0 Å². The molecular formula is C22H25ClN2O4S. The van der Waals surface area contributed by atoms with Crippen molar-refractivity contribution in [3.05, 3.63) is 52.5 Å². The summed E-state index contributed by atoms with van der Waals surface area (Å²) in [5, 5.41) is 7.44. The highest BCUT2D eigenvalue weighted by Gasteiger charge is 2.37. The number of carbonyl (C=O) groups excluding carboxylic acids is 1. The Kier molecular flexibility index (Phi) is 7.05. The van der Waals surface area contributed by atoms with Crippen LogP contribution in [0.25, 0.3) is 0 Å². The summed E-state index contributed by atoms with van der Waals surface area (Å²) >= 11 is 11.7. The lowest BCUT2D eigenvalue weighted by molar-refractivity contribution is 0.0601. The van der Waals surface area contributed by atoms with Gasteiger partial charge in [0, 0.05) is 5.69 Å². The summed E-state index contributed by atoms with van der Waals surface area (Å²) in [6, 6.07) is 11.0. The maximum absolute atomic E-state index is 11.9. The van der Waals surface area contributed by atoms with Gasteiger partial charge in [-0.05, 0) is 61.0 Å². The molecule has 0 radical (unpaired) electrons. The van der Waals surface area contributed by atoms with Crippen molar-refractivity contribution in [3.8, 4) is 11.5 Å². The Bertz CT molecular complexity index is 945. The fourth-order valence-electron chi connectivity index (χ4n) is 3.85. The Balaban J connectivity index is 1.82. The number of hydrogen-bond acceptors (Lipinski definition) is 5. The minimum atomic E-state index is -0.500. The molecular weight excluding hydrogens is 424 g/mol. The van der Waals surface area contributed by atoms with Gasteiger partial charge in [0.05, 0.1) is 37.5 Å². The van der Waals surface area contributed by atoms with Crippen molar-refractivity contribution >= 4 is 40.6 Å². The highest BCUT2D eigenvalue weighted by molar-refractivity contribution is 7.80. The zero-order chi connectivity index (χ0) is 21.7. The molecule has 0 unspecified atom stereocenters. The zero-order valence-electron chi connectivity index (χ0n) is 17.2. The summed E-state index contributed by atoms with van der Waals surface area (Å²) in [6.45, 7) is 0. The minimum absolute atomic E-state index is 0.280. The summed E-state index contributed by atoms with van der Waals surface area (Å²) in [4.78, 5) is 11.9. The number of rotatable bonds is 6. The Labute approximate surface area is 186 Å². The first-order valence-electron chi connectivity index (χ1n) is 9.62. The summed E-state index contributed by atoms with van der Waals surface area (Å²) in [6.07, 6.45) is 4.07. The van der Waals surface area contributed by atoms with Crippen molar-refractivity contribution in [3.63, 3.8) is 0 Å². The van der Waals surface area contributed by atoms with E-state index in [1.54, 1.807) is 32.4 Å². The van der Waals surface area contributed by atoms with E-state index in [-0.39, 0.29) is 11.1 Å². The first kappa shape index (κ1) is 22.2. The van der Waals surface area contributed by atoms with E-state index in [9.17, 15) is 4.79 Å². The molecule has 2 aromatic rings. The summed E-state index contributed by atoms with van der Waals surface area (Å²) < 4.78 is 15.6. The number of halogens is 1. The van der Waals surface area contributed by atoms with Crippen LogP contribution in [0.4, 0.5) is 5.69 Å². The van der Waals surface area contributed by atoms with Crippen molar-refractivity contribution in [2.75, 3.05) is 26.6 Å². The number of benzene rings is 2. The zero-order valence-corrected chi connectivity index (χ0v) is 18.8. The average Bonchev–Trinajstić information content (AvgIpc) is 3.23. The van der Waals surface area contributed by atoms with E-state index in [1.165, 1.54) is 7.11 Å². The highest BCUT2D eigenvalue weighted by atomic mass is 35.5. The second-order valence-electron chi connectivity index (χ2n) is 7.12. The van der Waals surface area contributed by atoms with Gasteiger partial charge in [-0.3, -0.25) is 0 Å². The molecule has 0 aliphatic heterocycles. The van der Waals surface area contributed by atoms with Gasteiger partial charge in [-0.15, -0.1) is 0 Å². The topological polar surface area (TPSA) is 68.8 Å². The third-order valence-electron chi connectivity index (χ3n) is 5.38. The van der Waals surface area contributed by atoms with E-state index in [1.807, 2.05) is 18.2 Å². The maximum Gasteiger partial charge on any atom is 0.339 e. The summed E-state index contributed by atoms with van der Waals surface area (Å²) in [7, 11) is 4.56. The number of carbonyl (C=O) groups is 1. The second-order valence-corrected chi connectivity index (χ2v) is 7.94. The molecule has 2 aromatic carbocycles. The van der Waals surface area contributed by atoms with Gasteiger partial charge in [-0.25, -0.2) is 4.79 Å². The van der Waals surface area contributed by atoms with Crippen LogP contribution in [0.15, 0.2) is 36.4 Å². The molecule has 30 heavy (non-hydrogen) atoms. The van der Waals surface area contributed by atoms with Crippen molar-refractivity contribution in [2.24, 2.45) is 0 Å². The predicted octanol–water partition coefficient (Wildman–Crippen LogP) is 4.90. The fourth-order valence-corrected chi connectivity index (χ4v) is 4.36. The lowest BCUT2D eigenvalue weighted by Crippen LogP contribution is -2.45. The number of thiocarbonyl (C=S) groups is 1. The van der Waals surface area contributed by atoms with Crippen molar-refractivity contribution < 1.29 is 19.0 Å². The van der Waals surface area contributed by atoms with E-state index in [0.717, 1.165) is 31.2 Å². The monoisotopic (exact) mass is 448 g/mol. The molecule has 1 fully saturated rings. The number of ether oxygens (including phenoxy) is 3. The molecule has 0 heterocycles. The van der Waals surface area contributed by atoms with Gasteiger partial charge >= 0.3 is 5.97 Å². The molecule has 1 aliphatic rings. The molecule has 1 aliphatic carbocycles. The quantitative estimate of drug-likeness (QED) is 0.481. The molecule has 0 spiro atoms. The molecule has 0 aromatic heterocycles. The van der Waals surface area contributed by atoms with Crippen molar-refractivity contribution in [1.29, 1.82) is 0 Å². The first-order valence-corrected chi connectivity index (χ1v) is 10.4. The van der Waals surface area contributed by atoms with Crippen LogP contribution in [0.2, 0.25) is 5.02 Å². The third kappa shape index (κ3) is 4.63. The Hall–Kier alpha value is -2.51. The molecule has 0 atom stereocenters. The molecule has 160 valence electrons. The van der Waals surface area contributed by atoms with Gasteiger partial charge in [-0.2, -0.15) is 0 Å². The van der Waals surface area contributed by atoms with Gasteiger partial charge < -0.3 is 24.8 Å². The third-order valence-corrected chi connectivity index (χ3v) is 5.91. The Morgan fingerprint density at radius 2 is 1.73 bits per heavy atom. The molecule has 0 amide bonds. The lowest BCUT2D eigenvalue weighted by atomic mass is 9.88. The standard InChI is InChI=1S/C22H25ClN2O4S/c1-27-18-9-6-14(12-19(18)28-2)22(10-4-5-11-22)25-21(30)24-15-7-8-17(23)16(13-15)20(26)29-3/h6-9,12-13H,4-5,10-11H2,1-3H3,(H2,24,25,30). The largest absolute Gasteiger partial charge is 0.493 e. The van der Waals surface area contributed by atoms with Crippen LogP contribution < -0.4 is 20.1 Å². The number of anilines is 1. The van der Waals surface area contributed by atoms with Crippen molar-refractivity contribution in [1.82, 2.24) is 5.32 Å². The summed E-state index contributed by atoms with van der Waals surface area (Å²) in [5.41, 5.74) is 1.72. The van der Waals surface area contributed by atoms with Crippen LogP contribution in [-0.4, -0.2) is 32.4 Å². The predicted molar refractivity (Wildman–Crippen MR) is 122 cm³/mol. The molecule has 6 nitrogen and oxygen atoms in total. The first-order chi connectivity index (χ1) is 14.4. The molecule has 0 bridgehead atoms. The number of methoxy groups -OCH3 is 3. The summed E-state index contributed by atoms with van der Waals surface area (Å²) in [5.74, 6) is 0.870. The Morgan fingerprint density at radius 3 is 2.37 bits per heavy atom. The van der Waals surface area contributed by atoms with Crippen LogP contribution in [-0.2, 0) is 10.3 Å². The SMILES string of the molecule is COC(=O)c1cc(NC(=S)NC2(c3ccc(OC)c(OC)c3)CCCC2)ccc1Cl. The van der Waals surface area contributed by atoms with Crippen LogP contribution in [0, 0.1) is 0 Å². The number of nitrogens with one attached hydrogen (secondary N) is 2. The highest BCUT2D eigenvalue weighted by Crippen LogP contribution is 2.41. The number of hydrogen-bond donors (Lipinski definition) is 2. The molecule has 8 heteroatoms. The molecule has 1 saturated carbocycles. The second kappa shape index (κ2) is 9.53. The van der Waals surface area contributed by atoms with Gasteiger partial charge in [0.25, 0.3) is 0 Å². The maximum atomic E-state index is 11.9. The van der Waals surface area contributed by atoms with Gasteiger partial charge in [-0.1, -0.05) is 30.5 Å². The average molecular weight is 449 g/mol. The van der Waals surface area contributed by atoms with Gasteiger partial charge in [0.15, 0.2) is 16.6 Å². The molecule has 2 N–H and O–H groups in total. The smallest absolute Gasteiger partial charge is 0.339 e. The van der Waals surface area contributed by atoms with E-state index in [4.69, 9.17) is 38.0 Å². The number of esters is 1. The van der Waals surface area contributed by atoms with Crippen LogP contribution >= 0.6 is 23.8 Å². The Morgan fingerprint density at radius 1 is 1.03 bits per heavy atom. The van der Waals surface area contributed by atoms with Crippen LogP contribution in [0.3, 0.4) is 0 Å². The lowest BCUT2D eigenvalue weighted by Gasteiger charge is -2.33. The molecule has 0 saturated heterocycles. The molecule has 3 rings (SSSR count). The normalized spacial score (nSPS) is 14.7. The van der Waals surface area contributed by atoms with E-state index in [2.05, 4.69) is 10.6 Å². The van der Waals surface area contributed by atoms with E-state index in [0.29, 0.717) is 27.3 Å². The van der Waals surface area contributed by atoms with Gasteiger partial charge in [0.2, 0.25) is 0 Å². The van der Waals surface area contributed by atoms with E-state index < -0.39 is 5.97 Å².